The second-order valence-corrected chi connectivity index (χ2v) is 7.48. The number of nitrogens with one attached hydrogen (secondary N) is 1. The lowest BCUT2D eigenvalue weighted by Gasteiger charge is -2.14. The molecule has 1 aliphatic carbocycles. The van der Waals surface area contributed by atoms with Crippen LogP contribution in [0.25, 0.3) is 5.52 Å². The Labute approximate surface area is 157 Å². The Kier molecular flexibility index (Phi) is 4.34. The van der Waals surface area contributed by atoms with Crippen LogP contribution >= 0.6 is 0 Å². The van der Waals surface area contributed by atoms with E-state index in [0.29, 0.717) is 5.52 Å². The van der Waals surface area contributed by atoms with Crippen molar-refractivity contribution in [2.75, 3.05) is 5.32 Å². The van der Waals surface area contributed by atoms with Gasteiger partial charge in [-0.05, 0) is 57.6 Å². The van der Waals surface area contributed by atoms with Gasteiger partial charge in [0.1, 0.15) is 12.1 Å². The van der Waals surface area contributed by atoms with Gasteiger partial charge in [0.05, 0.1) is 5.69 Å². The van der Waals surface area contributed by atoms with Gasteiger partial charge in [-0.3, -0.25) is 9.59 Å². The summed E-state index contributed by atoms with van der Waals surface area (Å²) in [5, 5.41) is 7.50. The van der Waals surface area contributed by atoms with Crippen molar-refractivity contribution in [1.82, 2.24) is 14.2 Å². The minimum absolute atomic E-state index is 0.0119. The minimum Gasteiger partial charge on any atom is -0.324 e. The van der Waals surface area contributed by atoms with Crippen LogP contribution in [-0.2, 0) is 24.2 Å². The summed E-state index contributed by atoms with van der Waals surface area (Å²) in [4.78, 5) is 25.5. The van der Waals surface area contributed by atoms with E-state index in [0.717, 1.165) is 59.3 Å². The summed E-state index contributed by atoms with van der Waals surface area (Å²) in [6.45, 7) is 5.98. The number of fused-ring (bicyclic) bond motifs is 3. The first-order valence-electron chi connectivity index (χ1n) is 9.41. The quantitative estimate of drug-likeness (QED) is 0.777. The maximum Gasteiger partial charge on any atom is 0.277 e. The molecule has 3 aromatic rings. The molecule has 140 valence electrons. The van der Waals surface area contributed by atoms with Crippen molar-refractivity contribution in [2.24, 2.45) is 0 Å². The maximum atomic E-state index is 13.0. The van der Waals surface area contributed by atoms with Gasteiger partial charge >= 0.3 is 0 Å². The zero-order chi connectivity index (χ0) is 19.1. The van der Waals surface area contributed by atoms with Crippen LogP contribution in [0.3, 0.4) is 0 Å². The molecule has 2 aromatic heterocycles. The summed E-state index contributed by atoms with van der Waals surface area (Å²) in [6.07, 6.45) is 7.40. The first-order chi connectivity index (χ1) is 12.9. The number of carbonyl (C=O) groups is 1. The molecule has 0 radical (unpaired) electrons. The van der Waals surface area contributed by atoms with Crippen LogP contribution in [0.4, 0.5) is 5.69 Å². The summed E-state index contributed by atoms with van der Waals surface area (Å²) in [5.74, 6) is -0.204. The number of nitrogens with zero attached hydrogens (tertiary/aromatic N) is 3. The monoisotopic (exact) mass is 364 g/mol. The Hall–Kier alpha value is -2.89. The number of benzene rings is 1. The van der Waals surface area contributed by atoms with E-state index in [1.54, 1.807) is 16.9 Å². The van der Waals surface area contributed by atoms with Gasteiger partial charge in [-0.2, -0.15) is 5.10 Å². The highest BCUT2D eigenvalue weighted by Gasteiger charge is 2.20. The maximum absolute atomic E-state index is 13.0. The lowest BCUT2D eigenvalue weighted by atomic mass is 9.97. The SMILES string of the molecule is Cc1cc(C)c(NC(=O)Cn2ccn3nc4c(c3c2=O)CCCC4)c(C)c1. The van der Waals surface area contributed by atoms with Crippen molar-refractivity contribution >= 4 is 17.1 Å². The topological polar surface area (TPSA) is 68.4 Å². The molecule has 1 aliphatic rings. The summed E-state index contributed by atoms with van der Waals surface area (Å²) >= 11 is 0. The molecule has 1 amide bonds. The van der Waals surface area contributed by atoms with Gasteiger partial charge in [0, 0.05) is 23.6 Å². The summed E-state index contributed by atoms with van der Waals surface area (Å²) in [7, 11) is 0. The van der Waals surface area contributed by atoms with Crippen LogP contribution in [-0.4, -0.2) is 20.1 Å². The van der Waals surface area contributed by atoms with Crippen molar-refractivity contribution in [2.45, 2.75) is 53.0 Å². The van der Waals surface area contributed by atoms with Crippen molar-refractivity contribution < 1.29 is 4.79 Å². The number of amides is 1. The lowest BCUT2D eigenvalue weighted by molar-refractivity contribution is -0.116. The van der Waals surface area contributed by atoms with Crippen LogP contribution in [0.2, 0.25) is 0 Å². The molecule has 0 atom stereocenters. The Morgan fingerprint density at radius 3 is 2.56 bits per heavy atom. The molecule has 0 spiro atoms. The van der Waals surface area contributed by atoms with E-state index in [1.165, 1.54) is 4.57 Å². The molecule has 0 aliphatic heterocycles. The molecule has 0 bridgehead atoms. The Bertz CT molecular complexity index is 1080. The minimum atomic E-state index is -0.204. The average Bonchev–Trinajstić information content (AvgIpc) is 3.00. The van der Waals surface area contributed by atoms with E-state index >= 15 is 0 Å². The molecule has 27 heavy (non-hydrogen) atoms. The largest absolute Gasteiger partial charge is 0.324 e. The first-order valence-corrected chi connectivity index (χ1v) is 9.41. The zero-order valence-electron chi connectivity index (χ0n) is 16.0. The Morgan fingerprint density at radius 1 is 1.11 bits per heavy atom. The predicted octanol–water partition coefficient (Wildman–Crippen LogP) is 2.94. The van der Waals surface area contributed by atoms with Crippen molar-refractivity contribution in [3.05, 3.63) is 62.8 Å². The summed E-state index contributed by atoms with van der Waals surface area (Å²) in [6, 6.07) is 4.08. The van der Waals surface area contributed by atoms with E-state index in [2.05, 4.69) is 10.4 Å². The summed E-state index contributed by atoms with van der Waals surface area (Å²) in [5.41, 5.74) is 6.56. The molecule has 6 nitrogen and oxygen atoms in total. The molecule has 0 saturated carbocycles. The predicted molar refractivity (Wildman–Crippen MR) is 105 cm³/mol. The Morgan fingerprint density at radius 2 is 1.81 bits per heavy atom. The van der Waals surface area contributed by atoms with Gasteiger partial charge in [-0.1, -0.05) is 17.7 Å². The molecule has 0 saturated heterocycles. The standard InChI is InChI=1S/C21H24N4O2/c1-13-10-14(2)19(15(3)11-13)22-18(26)12-24-8-9-25-20(21(24)27)16-6-4-5-7-17(16)23-25/h8-11H,4-7,12H2,1-3H3,(H,22,26). The number of aromatic nitrogens is 3. The highest BCUT2D eigenvalue weighted by atomic mass is 16.2. The Balaban J connectivity index is 1.63. The molecule has 4 rings (SSSR count). The van der Waals surface area contributed by atoms with Crippen LogP contribution in [0.5, 0.6) is 0 Å². The smallest absolute Gasteiger partial charge is 0.277 e. The van der Waals surface area contributed by atoms with Crippen molar-refractivity contribution in [1.29, 1.82) is 0 Å². The highest BCUT2D eigenvalue weighted by molar-refractivity contribution is 5.92. The number of rotatable bonds is 3. The third-order valence-electron chi connectivity index (χ3n) is 5.29. The fourth-order valence-corrected chi connectivity index (χ4v) is 4.09. The van der Waals surface area contributed by atoms with E-state index < -0.39 is 0 Å². The van der Waals surface area contributed by atoms with Gasteiger partial charge in [0.2, 0.25) is 5.91 Å². The van der Waals surface area contributed by atoms with Gasteiger partial charge < -0.3 is 9.88 Å². The van der Waals surface area contributed by atoms with E-state index in [-0.39, 0.29) is 18.0 Å². The van der Waals surface area contributed by atoms with Crippen LogP contribution in [0.1, 0.15) is 40.8 Å². The van der Waals surface area contributed by atoms with Crippen LogP contribution in [0.15, 0.2) is 29.3 Å². The fraction of sp³-hybridized carbons (Fsp3) is 0.381. The zero-order valence-corrected chi connectivity index (χ0v) is 16.0. The normalized spacial score (nSPS) is 13.6. The lowest BCUT2D eigenvalue weighted by Crippen LogP contribution is -2.29. The second-order valence-electron chi connectivity index (χ2n) is 7.48. The molecule has 0 unspecified atom stereocenters. The molecular formula is C21H24N4O2. The van der Waals surface area contributed by atoms with Crippen molar-refractivity contribution in [3.63, 3.8) is 0 Å². The van der Waals surface area contributed by atoms with Gasteiger partial charge in [-0.25, -0.2) is 4.52 Å². The molecular weight excluding hydrogens is 340 g/mol. The number of anilines is 1. The first kappa shape index (κ1) is 17.5. The van der Waals surface area contributed by atoms with Crippen molar-refractivity contribution in [3.8, 4) is 0 Å². The van der Waals surface area contributed by atoms with Gasteiger partial charge in [0.15, 0.2) is 0 Å². The molecule has 1 N–H and O–H groups in total. The number of hydrogen-bond acceptors (Lipinski definition) is 3. The number of carbonyl (C=O) groups excluding carboxylic acids is 1. The van der Waals surface area contributed by atoms with Gasteiger partial charge in [0.25, 0.3) is 5.56 Å². The summed E-state index contributed by atoms with van der Waals surface area (Å²) < 4.78 is 3.14. The van der Waals surface area contributed by atoms with E-state index in [9.17, 15) is 9.59 Å². The van der Waals surface area contributed by atoms with E-state index in [4.69, 9.17) is 0 Å². The fourth-order valence-electron chi connectivity index (χ4n) is 4.09. The third kappa shape index (κ3) is 3.16. The number of hydrogen-bond donors (Lipinski definition) is 1. The highest BCUT2D eigenvalue weighted by Crippen LogP contribution is 2.23. The molecule has 6 heteroatoms. The van der Waals surface area contributed by atoms with Gasteiger partial charge in [-0.15, -0.1) is 0 Å². The molecule has 1 aromatic carbocycles. The van der Waals surface area contributed by atoms with E-state index in [1.807, 2.05) is 32.9 Å². The van der Waals surface area contributed by atoms with Crippen LogP contribution < -0.4 is 10.9 Å². The number of aryl methyl sites for hydroxylation is 5. The van der Waals surface area contributed by atoms with Crippen LogP contribution in [0, 0.1) is 20.8 Å². The molecule has 2 heterocycles. The molecule has 0 fully saturated rings. The average molecular weight is 364 g/mol. The second kappa shape index (κ2) is 6.68. The third-order valence-corrected chi connectivity index (χ3v) is 5.29.